The Morgan fingerprint density at radius 3 is 2.65 bits per heavy atom. The Labute approximate surface area is 125 Å². The number of H-pyrrole nitrogens is 1. The van der Waals surface area contributed by atoms with Crippen molar-refractivity contribution in [2.24, 2.45) is 0 Å². The van der Waals surface area contributed by atoms with Gasteiger partial charge in [-0.25, -0.2) is 18.1 Å². The molecule has 1 aromatic rings. The Morgan fingerprint density at radius 2 is 2.10 bits per heavy atom. The molecule has 1 fully saturated rings. The standard InChI is InChI=1S/C13H23N3O2S2/c1-3-11-14-9-12(16-11)20(17,18)15-10-13(19-2)7-5-4-6-8-13/h9,15H,3-8,10H2,1-2H3,(H,14,16). The zero-order valence-corrected chi connectivity index (χ0v) is 13.7. The number of thioether (sulfide) groups is 1. The van der Waals surface area contributed by atoms with Crippen LogP contribution < -0.4 is 4.72 Å². The molecular weight excluding hydrogens is 294 g/mol. The van der Waals surface area contributed by atoms with E-state index in [-0.39, 0.29) is 9.77 Å². The molecule has 0 radical (unpaired) electrons. The number of nitrogens with one attached hydrogen (secondary N) is 2. The van der Waals surface area contributed by atoms with E-state index in [9.17, 15) is 8.42 Å². The molecule has 0 aromatic carbocycles. The lowest BCUT2D eigenvalue weighted by atomic mass is 9.88. The summed E-state index contributed by atoms with van der Waals surface area (Å²) in [6.45, 7) is 2.43. The van der Waals surface area contributed by atoms with Crippen LogP contribution in [0.1, 0.15) is 44.9 Å². The molecule has 1 aromatic heterocycles. The molecule has 20 heavy (non-hydrogen) atoms. The maximum atomic E-state index is 12.3. The number of hydrogen-bond donors (Lipinski definition) is 2. The SMILES string of the molecule is CCc1ncc(S(=O)(=O)NCC2(SC)CCCCC2)[nH]1. The normalized spacial score (nSPS) is 19.1. The highest BCUT2D eigenvalue weighted by atomic mass is 32.2. The van der Waals surface area contributed by atoms with E-state index in [1.54, 1.807) is 11.8 Å². The van der Waals surface area contributed by atoms with Crippen molar-refractivity contribution >= 4 is 21.8 Å². The van der Waals surface area contributed by atoms with Gasteiger partial charge >= 0.3 is 0 Å². The van der Waals surface area contributed by atoms with Crippen LogP contribution in [0.15, 0.2) is 11.2 Å². The van der Waals surface area contributed by atoms with Gasteiger partial charge in [0.05, 0.1) is 6.20 Å². The van der Waals surface area contributed by atoms with Crippen molar-refractivity contribution < 1.29 is 8.42 Å². The molecule has 2 rings (SSSR count). The summed E-state index contributed by atoms with van der Waals surface area (Å²) in [4.78, 5) is 6.91. The molecule has 114 valence electrons. The molecule has 0 bridgehead atoms. The van der Waals surface area contributed by atoms with E-state index < -0.39 is 10.0 Å². The average molecular weight is 317 g/mol. The third-order valence-electron chi connectivity index (χ3n) is 4.01. The van der Waals surface area contributed by atoms with Gasteiger partial charge in [-0.15, -0.1) is 0 Å². The van der Waals surface area contributed by atoms with Crippen LogP contribution in [0.3, 0.4) is 0 Å². The summed E-state index contributed by atoms with van der Waals surface area (Å²) in [5, 5.41) is 0.168. The first kappa shape index (κ1) is 15.9. The zero-order valence-electron chi connectivity index (χ0n) is 12.1. The Hall–Kier alpha value is -0.530. The second-order valence-electron chi connectivity index (χ2n) is 5.32. The Bertz CT molecular complexity index is 534. The van der Waals surface area contributed by atoms with Crippen LogP contribution in [0.5, 0.6) is 0 Å². The van der Waals surface area contributed by atoms with Crippen molar-refractivity contribution in [3.05, 3.63) is 12.0 Å². The highest BCUT2D eigenvalue weighted by molar-refractivity contribution is 8.00. The first-order valence-corrected chi connectivity index (χ1v) is 9.81. The predicted octanol–water partition coefficient (Wildman–Crippen LogP) is 2.32. The number of sulfonamides is 1. The van der Waals surface area contributed by atoms with Gasteiger partial charge in [-0.3, -0.25) is 0 Å². The maximum absolute atomic E-state index is 12.3. The van der Waals surface area contributed by atoms with Crippen LogP contribution in [-0.4, -0.2) is 35.9 Å². The van der Waals surface area contributed by atoms with Crippen molar-refractivity contribution in [1.29, 1.82) is 0 Å². The van der Waals surface area contributed by atoms with Gasteiger partial charge in [-0.1, -0.05) is 26.2 Å². The minimum atomic E-state index is -3.48. The monoisotopic (exact) mass is 317 g/mol. The molecule has 1 aliphatic carbocycles. The quantitative estimate of drug-likeness (QED) is 0.844. The molecule has 0 spiro atoms. The minimum Gasteiger partial charge on any atom is -0.332 e. The van der Waals surface area contributed by atoms with E-state index in [4.69, 9.17) is 0 Å². The number of aromatic amines is 1. The fourth-order valence-corrected chi connectivity index (χ4v) is 4.68. The number of aryl methyl sites for hydroxylation is 1. The molecule has 7 heteroatoms. The molecule has 0 unspecified atom stereocenters. The molecule has 5 nitrogen and oxygen atoms in total. The Balaban J connectivity index is 2.04. The molecule has 1 heterocycles. The molecule has 0 aliphatic heterocycles. The lowest BCUT2D eigenvalue weighted by Gasteiger charge is -2.35. The summed E-state index contributed by atoms with van der Waals surface area (Å²) < 4.78 is 27.4. The molecule has 0 amide bonds. The van der Waals surface area contributed by atoms with Crippen molar-refractivity contribution in [2.45, 2.75) is 55.2 Å². The third kappa shape index (κ3) is 3.56. The number of aromatic nitrogens is 2. The minimum absolute atomic E-state index is 0.0545. The van der Waals surface area contributed by atoms with E-state index in [0.717, 1.165) is 12.8 Å². The average Bonchev–Trinajstić information content (AvgIpc) is 2.96. The van der Waals surface area contributed by atoms with Gasteiger partial charge in [0.15, 0.2) is 5.03 Å². The molecule has 0 atom stereocenters. The van der Waals surface area contributed by atoms with Crippen molar-refractivity contribution in [2.75, 3.05) is 12.8 Å². The summed E-state index contributed by atoms with van der Waals surface area (Å²) in [6, 6.07) is 0. The smallest absolute Gasteiger partial charge is 0.257 e. The van der Waals surface area contributed by atoms with Crippen molar-refractivity contribution in [1.82, 2.24) is 14.7 Å². The fourth-order valence-electron chi connectivity index (χ4n) is 2.61. The maximum Gasteiger partial charge on any atom is 0.257 e. The van der Waals surface area contributed by atoms with Gasteiger partial charge in [0.1, 0.15) is 5.82 Å². The summed E-state index contributed by atoms with van der Waals surface area (Å²) >= 11 is 1.79. The van der Waals surface area contributed by atoms with E-state index in [1.165, 1.54) is 25.5 Å². The lowest BCUT2D eigenvalue weighted by molar-refractivity contribution is 0.394. The topological polar surface area (TPSA) is 74.8 Å². The van der Waals surface area contributed by atoms with Crippen LogP contribution in [-0.2, 0) is 16.4 Å². The number of hydrogen-bond acceptors (Lipinski definition) is 4. The summed E-state index contributed by atoms with van der Waals surface area (Å²) in [7, 11) is -3.48. The fraction of sp³-hybridized carbons (Fsp3) is 0.769. The Kier molecular flexibility index (Phi) is 5.14. The van der Waals surface area contributed by atoms with E-state index in [2.05, 4.69) is 20.9 Å². The molecule has 1 aliphatic rings. The van der Waals surface area contributed by atoms with Gasteiger partial charge in [0, 0.05) is 17.7 Å². The first-order chi connectivity index (χ1) is 9.51. The second kappa shape index (κ2) is 6.49. The van der Waals surface area contributed by atoms with Crippen LogP contribution >= 0.6 is 11.8 Å². The molecule has 0 saturated heterocycles. The number of rotatable bonds is 6. The Morgan fingerprint density at radius 1 is 1.40 bits per heavy atom. The van der Waals surface area contributed by atoms with Gasteiger partial charge < -0.3 is 4.98 Å². The predicted molar refractivity (Wildman–Crippen MR) is 82.5 cm³/mol. The second-order valence-corrected chi connectivity index (χ2v) is 8.33. The van der Waals surface area contributed by atoms with Gasteiger partial charge in [0.25, 0.3) is 10.0 Å². The van der Waals surface area contributed by atoms with E-state index >= 15 is 0 Å². The van der Waals surface area contributed by atoms with E-state index in [0.29, 0.717) is 18.8 Å². The van der Waals surface area contributed by atoms with Gasteiger partial charge in [-0.05, 0) is 19.1 Å². The number of imidazole rings is 1. The third-order valence-corrected chi connectivity index (χ3v) is 6.74. The first-order valence-electron chi connectivity index (χ1n) is 7.10. The van der Waals surface area contributed by atoms with Crippen LogP contribution in [0.2, 0.25) is 0 Å². The van der Waals surface area contributed by atoms with Crippen molar-refractivity contribution in [3.8, 4) is 0 Å². The summed E-state index contributed by atoms with van der Waals surface area (Å²) in [5.74, 6) is 0.697. The highest BCUT2D eigenvalue weighted by Gasteiger charge is 2.32. The summed E-state index contributed by atoms with van der Waals surface area (Å²) in [6.07, 6.45) is 9.97. The van der Waals surface area contributed by atoms with Gasteiger partial charge in [-0.2, -0.15) is 11.8 Å². The van der Waals surface area contributed by atoms with Crippen LogP contribution in [0.25, 0.3) is 0 Å². The summed E-state index contributed by atoms with van der Waals surface area (Å²) in [5.41, 5.74) is 0. The zero-order chi connectivity index (χ0) is 14.6. The largest absolute Gasteiger partial charge is 0.332 e. The van der Waals surface area contributed by atoms with Crippen LogP contribution in [0.4, 0.5) is 0 Å². The highest BCUT2D eigenvalue weighted by Crippen LogP contribution is 2.38. The number of nitrogens with zero attached hydrogens (tertiary/aromatic N) is 1. The van der Waals surface area contributed by atoms with Crippen LogP contribution in [0, 0.1) is 0 Å². The van der Waals surface area contributed by atoms with Crippen molar-refractivity contribution in [3.63, 3.8) is 0 Å². The molecule has 2 N–H and O–H groups in total. The lowest BCUT2D eigenvalue weighted by Crippen LogP contribution is -2.41. The molecular formula is C13H23N3O2S2. The van der Waals surface area contributed by atoms with E-state index in [1.807, 2.05) is 6.92 Å². The molecule has 1 saturated carbocycles. The van der Waals surface area contributed by atoms with Gasteiger partial charge in [0.2, 0.25) is 0 Å².